The smallest absolute Gasteiger partial charge is 0.131 e. The fraction of sp³-hybridized carbons (Fsp3) is 0.333. The van der Waals surface area contributed by atoms with Crippen molar-refractivity contribution in [3.8, 4) is 5.75 Å². The number of anilines is 1. The highest BCUT2D eigenvalue weighted by molar-refractivity contribution is 7.98. The number of nitrogens with zero attached hydrogens (tertiary/aromatic N) is 1. The fourth-order valence-electron chi connectivity index (χ4n) is 0.957. The van der Waals surface area contributed by atoms with E-state index in [0.717, 1.165) is 10.6 Å². The molecular weight excluding hydrogens is 170 g/mol. The van der Waals surface area contributed by atoms with Crippen molar-refractivity contribution in [1.82, 2.24) is 0 Å². The van der Waals surface area contributed by atoms with E-state index in [1.54, 1.807) is 17.8 Å². The lowest BCUT2D eigenvalue weighted by molar-refractivity contribution is 0.462. The summed E-state index contributed by atoms with van der Waals surface area (Å²) in [5, 5.41) is 9.49. The van der Waals surface area contributed by atoms with E-state index < -0.39 is 0 Å². The monoisotopic (exact) mass is 183 g/mol. The second-order valence-corrected chi connectivity index (χ2v) is 3.60. The van der Waals surface area contributed by atoms with Crippen molar-refractivity contribution in [2.24, 2.45) is 0 Å². The molecule has 0 unspecified atom stereocenters. The van der Waals surface area contributed by atoms with Gasteiger partial charge in [0.2, 0.25) is 0 Å². The molecule has 1 aromatic rings. The van der Waals surface area contributed by atoms with E-state index in [9.17, 15) is 5.11 Å². The van der Waals surface area contributed by atoms with Crippen molar-refractivity contribution < 1.29 is 5.11 Å². The van der Waals surface area contributed by atoms with E-state index >= 15 is 0 Å². The van der Waals surface area contributed by atoms with Crippen LogP contribution in [0.1, 0.15) is 0 Å². The molecular formula is C9H13NOS. The van der Waals surface area contributed by atoms with E-state index in [1.807, 2.05) is 37.4 Å². The lowest BCUT2D eigenvalue weighted by atomic mass is 10.3. The van der Waals surface area contributed by atoms with Crippen LogP contribution in [0.4, 0.5) is 5.69 Å². The quantitative estimate of drug-likeness (QED) is 0.711. The van der Waals surface area contributed by atoms with Crippen molar-refractivity contribution in [3.63, 3.8) is 0 Å². The number of hydrogen-bond donors (Lipinski definition) is 1. The highest BCUT2D eigenvalue weighted by atomic mass is 32.2. The topological polar surface area (TPSA) is 23.5 Å². The van der Waals surface area contributed by atoms with Gasteiger partial charge in [0.1, 0.15) is 5.75 Å². The van der Waals surface area contributed by atoms with Gasteiger partial charge in [0.25, 0.3) is 0 Å². The van der Waals surface area contributed by atoms with Gasteiger partial charge >= 0.3 is 0 Å². The van der Waals surface area contributed by atoms with E-state index in [1.165, 1.54) is 0 Å². The summed E-state index contributed by atoms with van der Waals surface area (Å²) >= 11 is 1.55. The predicted octanol–water partition coefficient (Wildman–Crippen LogP) is 2.18. The van der Waals surface area contributed by atoms with Gasteiger partial charge < -0.3 is 10.0 Å². The van der Waals surface area contributed by atoms with Gasteiger partial charge in [0.05, 0.1) is 0 Å². The molecule has 12 heavy (non-hydrogen) atoms. The van der Waals surface area contributed by atoms with Crippen LogP contribution in [-0.2, 0) is 0 Å². The normalized spacial score (nSPS) is 9.92. The molecule has 0 spiro atoms. The minimum absolute atomic E-state index is 0.355. The molecule has 0 saturated heterocycles. The molecule has 0 aromatic heterocycles. The van der Waals surface area contributed by atoms with Crippen LogP contribution in [0, 0.1) is 0 Å². The minimum atomic E-state index is 0.355. The molecule has 2 nitrogen and oxygen atoms in total. The van der Waals surface area contributed by atoms with Crippen LogP contribution in [0.2, 0.25) is 0 Å². The first-order chi connectivity index (χ1) is 5.65. The maximum atomic E-state index is 9.49. The number of rotatable bonds is 2. The standard InChI is InChI=1S/C9H13NOS/c1-10(2)7-4-5-9(12-3)8(11)6-7/h4-6,11H,1-3H3. The largest absolute Gasteiger partial charge is 0.507 e. The number of phenols is 1. The first kappa shape index (κ1) is 9.26. The lowest BCUT2D eigenvalue weighted by Gasteiger charge is -2.13. The van der Waals surface area contributed by atoms with Gasteiger partial charge in [-0.05, 0) is 18.4 Å². The molecule has 1 rings (SSSR count). The van der Waals surface area contributed by atoms with Gasteiger partial charge in [0.15, 0.2) is 0 Å². The number of phenolic OH excluding ortho intramolecular Hbond substituents is 1. The van der Waals surface area contributed by atoms with Crippen LogP contribution in [0.3, 0.4) is 0 Å². The molecule has 0 aliphatic rings. The first-order valence-corrected chi connectivity index (χ1v) is 4.92. The third kappa shape index (κ3) is 1.85. The van der Waals surface area contributed by atoms with E-state index in [0.29, 0.717) is 5.75 Å². The first-order valence-electron chi connectivity index (χ1n) is 3.69. The number of thioether (sulfide) groups is 1. The van der Waals surface area contributed by atoms with Gasteiger partial charge in [-0.25, -0.2) is 0 Å². The highest BCUT2D eigenvalue weighted by Gasteiger charge is 2.01. The van der Waals surface area contributed by atoms with Gasteiger partial charge in [-0.1, -0.05) is 0 Å². The van der Waals surface area contributed by atoms with Crippen LogP contribution in [-0.4, -0.2) is 25.5 Å². The van der Waals surface area contributed by atoms with Crippen molar-refractivity contribution in [2.45, 2.75) is 4.90 Å². The van der Waals surface area contributed by atoms with Crippen molar-refractivity contribution >= 4 is 17.4 Å². The molecule has 0 saturated carbocycles. The summed E-state index contributed by atoms with van der Waals surface area (Å²) in [5.74, 6) is 0.355. The van der Waals surface area contributed by atoms with Crippen molar-refractivity contribution in [3.05, 3.63) is 18.2 Å². The zero-order valence-electron chi connectivity index (χ0n) is 7.53. The summed E-state index contributed by atoms with van der Waals surface area (Å²) in [4.78, 5) is 2.88. The molecule has 0 amide bonds. The van der Waals surface area contributed by atoms with Crippen molar-refractivity contribution in [2.75, 3.05) is 25.3 Å². The van der Waals surface area contributed by atoms with Crippen LogP contribution in [0.25, 0.3) is 0 Å². The molecule has 0 radical (unpaired) electrons. The van der Waals surface area contributed by atoms with Crippen LogP contribution < -0.4 is 4.90 Å². The number of aromatic hydroxyl groups is 1. The Morgan fingerprint density at radius 2 is 2.00 bits per heavy atom. The molecule has 0 heterocycles. The molecule has 3 heteroatoms. The Morgan fingerprint density at radius 3 is 2.42 bits per heavy atom. The Kier molecular flexibility index (Phi) is 2.87. The fourth-order valence-corrected chi connectivity index (χ4v) is 1.43. The molecule has 0 aliphatic heterocycles. The number of hydrogen-bond acceptors (Lipinski definition) is 3. The van der Waals surface area contributed by atoms with Gasteiger partial charge in [-0.3, -0.25) is 0 Å². The lowest BCUT2D eigenvalue weighted by Crippen LogP contribution is -2.07. The Labute approximate surface area is 77.2 Å². The van der Waals surface area contributed by atoms with E-state index in [-0.39, 0.29) is 0 Å². The summed E-state index contributed by atoms with van der Waals surface area (Å²) < 4.78 is 0. The average Bonchev–Trinajstić information content (AvgIpc) is 2.04. The van der Waals surface area contributed by atoms with Gasteiger partial charge in [0, 0.05) is 30.7 Å². The molecule has 0 fully saturated rings. The minimum Gasteiger partial charge on any atom is -0.507 e. The maximum Gasteiger partial charge on any atom is 0.131 e. The molecule has 1 N–H and O–H groups in total. The molecule has 0 atom stereocenters. The second kappa shape index (κ2) is 3.72. The van der Waals surface area contributed by atoms with E-state index in [4.69, 9.17) is 0 Å². The van der Waals surface area contributed by atoms with Gasteiger partial charge in [-0.15, -0.1) is 11.8 Å². The summed E-state index contributed by atoms with van der Waals surface area (Å²) in [6.07, 6.45) is 1.95. The molecule has 0 bridgehead atoms. The third-order valence-corrected chi connectivity index (χ3v) is 2.46. The highest BCUT2D eigenvalue weighted by Crippen LogP contribution is 2.29. The van der Waals surface area contributed by atoms with Crippen LogP contribution in [0.5, 0.6) is 5.75 Å². The third-order valence-electron chi connectivity index (χ3n) is 1.68. The van der Waals surface area contributed by atoms with E-state index in [2.05, 4.69) is 0 Å². The molecule has 66 valence electrons. The number of benzene rings is 1. The van der Waals surface area contributed by atoms with Crippen molar-refractivity contribution in [1.29, 1.82) is 0 Å². The predicted molar refractivity (Wildman–Crippen MR) is 54.2 cm³/mol. The zero-order chi connectivity index (χ0) is 9.14. The maximum absolute atomic E-state index is 9.49. The Hall–Kier alpha value is -0.830. The second-order valence-electron chi connectivity index (χ2n) is 2.75. The van der Waals surface area contributed by atoms with Crippen LogP contribution in [0.15, 0.2) is 23.1 Å². The Morgan fingerprint density at radius 1 is 1.33 bits per heavy atom. The van der Waals surface area contributed by atoms with Gasteiger partial charge in [-0.2, -0.15) is 0 Å². The summed E-state index contributed by atoms with van der Waals surface area (Å²) in [6, 6.07) is 5.69. The molecule has 1 aromatic carbocycles. The summed E-state index contributed by atoms with van der Waals surface area (Å²) in [6.45, 7) is 0. The summed E-state index contributed by atoms with van der Waals surface area (Å²) in [5.41, 5.74) is 1.02. The Balaban J connectivity index is 3.02. The summed E-state index contributed by atoms with van der Waals surface area (Å²) in [7, 11) is 3.90. The molecule has 0 aliphatic carbocycles. The Bertz CT molecular complexity index is 273. The SMILES string of the molecule is CSc1ccc(N(C)C)cc1O. The van der Waals surface area contributed by atoms with Crippen LogP contribution >= 0.6 is 11.8 Å². The zero-order valence-corrected chi connectivity index (χ0v) is 8.35. The average molecular weight is 183 g/mol.